The van der Waals surface area contributed by atoms with Gasteiger partial charge in [-0.3, -0.25) is 0 Å². The Labute approximate surface area is 143 Å². The average Bonchev–Trinajstić information content (AvgIpc) is 2.30. The number of hydrogen-bond donors (Lipinski definition) is 2. The molecule has 2 N–H and O–H groups in total. The number of rotatable bonds is 2. The van der Waals surface area contributed by atoms with Crippen molar-refractivity contribution in [2.45, 2.75) is 55.4 Å². The summed E-state index contributed by atoms with van der Waals surface area (Å²) in [5.74, 6) is 2.05. The molecule has 0 fully saturated rings. The van der Waals surface area contributed by atoms with Crippen LogP contribution in [0, 0.1) is 37.5 Å². The Morgan fingerprint density at radius 1 is 0.700 bits per heavy atom. The van der Waals surface area contributed by atoms with Crippen LogP contribution in [0.15, 0.2) is 0 Å². The molecule has 0 spiro atoms. The van der Waals surface area contributed by atoms with E-state index >= 15 is 0 Å². The van der Waals surface area contributed by atoms with Crippen LogP contribution in [0.25, 0.3) is 0 Å². The molecular formula is C16H38O3Zr. The normalized spacial score (nSPS) is 8.70. The molecule has 0 heterocycles. The summed E-state index contributed by atoms with van der Waals surface area (Å²) in [4.78, 5) is 0. The van der Waals surface area contributed by atoms with Crippen LogP contribution < -0.4 is 0 Å². The molecule has 0 aromatic rings. The van der Waals surface area contributed by atoms with Crippen molar-refractivity contribution in [3.05, 3.63) is 13.8 Å². The molecule has 0 saturated carbocycles. The first-order valence-corrected chi connectivity index (χ1v) is 8.09. The van der Waals surface area contributed by atoms with E-state index in [1.165, 1.54) is 0 Å². The van der Waals surface area contributed by atoms with Crippen molar-refractivity contribution in [1.29, 1.82) is 0 Å². The molecule has 0 unspecified atom stereocenters. The van der Waals surface area contributed by atoms with Gasteiger partial charge in [0.1, 0.15) is 0 Å². The Bertz CT molecular complexity index is 107. The van der Waals surface area contributed by atoms with Crippen LogP contribution in [-0.4, -0.2) is 23.4 Å². The maximum absolute atomic E-state index is 8.34. The molecule has 0 radical (unpaired) electrons. The van der Waals surface area contributed by atoms with E-state index in [1.807, 2.05) is 27.7 Å². The number of aliphatic hydroxyl groups is 2. The number of hydrogen-bond acceptors (Lipinski definition) is 3. The zero-order valence-corrected chi connectivity index (χ0v) is 17.4. The van der Waals surface area contributed by atoms with Crippen LogP contribution in [0.2, 0.25) is 0 Å². The standard InChI is InChI=1S/2C4H10O.2C4H9.O.Zr/c2*1-4(2)3-5;2*1-4(2)3;;/h2*4-5H,3H2,1-2H3;2*4H,1H2,2-3H3;;/q;;2*-1;;+2. The van der Waals surface area contributed by atoms with Gasteiger partial charge in [0, 0.05) is 13.2 Å². The summed E-state index contributed by atoms with van der Waals surface area (Å²) in [5, 5.41) is 16.3. The second kappa shape index (κ2) is 31.8. The Kier molecular flexibility index (Phi) is 51.7. The van der Waals surface area contributed by atoms with E-state index in [9.17, 15) is 0 Å². The molecule has 0 aromatic heterocycles. The van der Waals surface area contributed by atoms with Gasteiger partial charge in [-0.05, 0) is 11.8 Å². The molecule has 4 heteroatoms. The summed E-state index contributed by atoms with van der Waals surface area (Å²) in [7, 11) is 0. The molecule has 0 saturated heterocycles. The van der Waals surface area contributed by atoms with Gasteiger partial charge in [0.15, 0.2) is 0 Å². The van der Waals surface area contributed by atoms with Gasteiger partial charge in [-0.15, -0.1) is 0 Å². The van der Waals surface area contributed by atoms with Crippen molar-refractivity contribution in [3.63, 3.8) is 0 Å². The third-order valence-corrected chi connectivity index (χ3v) is 0.730. The van der Waals surface area contributed by atoms with E-state index in [1.54, 1.807) is 0 Å². The van der Waals surface area contributed by atoms with Crippen LogP contribution >= 0.6 is 0 Å². The van der Waals surface area contributed by atoms with Gasteiger partial charge >= 0.3 is 27.5 Å². The summed E-state index contributed by atoms with van der Waals surface area (Å²) in [6, 6.07) is 0. The Balaban J connectivity index is -0.0000000482. The van der Waals surface area contributed by atoms with Crippen LogP contribution in [0.3, 0.4) is 0 Å². The Hall–Kier alpha value is 0.603. The van der Waals surface area contributed by atoms with Gasteiger partial charge in [0.25, 0.3) is 0 Å². The van der Waals surface area contributed by atoms with Crippen molar-refractivity contribution in [3.8, 4) is 0 Å². The molecule has 124 valence electrons. The fraction of sp³-hybridized carbons (Fsp3) is 0.875. The fourth-order valence-corrected chi connectivity index (χ4v) is 0. The number of aliphatic hydroxyl groups excluding tert-OH is 2. The average molecular weight is 370 g/mol. The van der Waals surface area contributed by atoms with Crippen LogP contribution in [0.5, 0.6) is 0 Å². The first kappa shape index (κ1) is 32.5. The molecule has 0 rings (SSSR count). The molecular weight excluding hydrogens is 331 g/mol. The first-order valence-electron chi connectivity index (χ1n) is 7.09. The molecule has 0 bridgehead atoms. The summed E-state index contributed by atoms with van der Waals surface area (Å²) in [6.07, 6.45) is 0. The van der Waals surface area contributed by atoms with Crippen molar-refractivity contribution >= 4 is 0 Å². The summed E-state index contributed by atoms with van der Waals surface area (Å²) in [5.41, 5.74) is 0. The van der Waals surface area contributed by atoms with Crippen molar-refractivity contribution < 1.29 is 37.7 Å². The molecule has 20 heavy (non-hydrogen) atoms. The molecule has 0 aliphatic rings. The Morgan fingerprint density at radius 2 is 0.750 bits per heavy atom. The van der Waals surface area contributed by atoms with Gasteiger partial charge < -0.3 is 24.1 Å². The predicted octanol–water partition coefficient (Wildman–Crippen LogP) is 4.10. The molecule has 3 nitrogen and oxygen atoms in total. The van der Waals surface area contributed by atoms with Crippen molar-refractivity contribution in [2.75, 3.05) is 13.2 Å². The monoisotopic (exact) mass is 368 g/mol. The minimum atomic E-state index is 0.300. The molecule has 0 aliphatic carbocycles. The SMILES string of the molecule is CC(C)CO.CC(C)CO.[CH2-]C(C)C.[CH2-]C(C)C.[O]=[Zr+2]. The van der Waals surface area contributed by atoms with E-state index in [4.69, 9.17) is 13.0 Å². The van der Waals surface area contributed by atoms with E-state index in [0.717, 1.165) is 0 Å². The van der Waals surface area contributed by atoms with E-state index in [-0.39, 0.29) is 0 Å². The molecule has 0 amide bonds. The zero-order valence-electron chi connectivity index (χ0n) is 14.9. The van der Waals surface area contributed by atoms with Crippen LogP contribution in [-0.2, 0) is 27.5 Å². The maximum atomic E-state index is 8.34. The van der Waals surface area contributed by atoms with Crippen molar-refractivity contribution in [2.24, 2.45) is 23.7 Å². The van der Waals surface area contributed by atoms with Crippen molar-refractivity contribution in [1.82, 2.24) is 0 Å². The third kappa shape index (κ3) is 272. The van der Waals surface area contributed by atoms with Gasteiger partial charge in [-0.2, -0.15) is 11.8 Å². The summed E-state index contributed by atoms with van der Waals surface area (Å²) in [6.45, 7) is 24.0. The van der Waals surface area contributed by atoms with Crippen LogP contribution in [0.4, 0.5) is 0 Å². The van der Waals surface area contributed by atoms with Gasteiger partial charge in [-0.25, -0.2) is 0 Å². The third-order valence-electron chi connectivity index (χ3n) is 0.730. The Morgan fingerprint density at radius 3 is 0.750 bits per heavy atom. The first-order chi connectivity index (χ1) is 9.00. The van der Waals surface area contributed by atoms with E-state index in [0.29, 0.717) is 61.6 Å². The second-order valence-corrected chi connectivity index (χ2v) is 5.94. The zero-order chi connectivity index (χ0) is 17.7. The van der Waals surface area contributed by atoms with E-state index in [2.05, 4.69) is 41.5 Å². The second-order valence-electron chi connectivity index (χ2n) is 5.94. The summed E-state index contributed by atoms with van der Waals surface area (Å²) >= 11 is 0.300. The quantitative estimate of drug-likeness (QED) is 0.720. The molecule has 0 aliphatic heterocycles. The van der Waals surface area contributed by atoms with Crippen LogP contribution in [0.1, 0.15) is 55.4 Å². The van der Waals surface area contributed by atoms with Gasteiger partial charge in [0.05, 0.1) is 0 Å². The van der Waals surface area contributed by atoms with E-state index < -0.39 is 0 Å². The van der Waals surface area contributed by atoms with Gasteiger partial charge in [0.2, 0.25) is 0 Å². The predicted molar refractivity (Wildman–Crippen MR) is 84.9 cm³/mol. The fourth-order valence-electron chi connectivity index (χ4n) is 0. The van der Waals surface area contributed by atoms with Gasteiger partial charge in [-0.1, -0.05) is 55.4 Å². The molecule has 0 aromatic carbocycles. The molecule has 0 atom stereocenters. The minimum absolute atomic E-state index is 0.300. The summed E-state index contributed by atoms with van der Waals surface area (Å²) < 4.78 is 8.34. The topological polar surface area (TPSA) is 57.5 Å².